The second-order valence-corrected chi connectivity index (χ2v) is 5.07. The van der Waals surface area contributed by atoms with Gasteiger partial charge in [-0.25, -0.2) is 4.79 Å². The molecular weight excluding hydrogens is 320 g/mol. The van der Waals surface area contributed by atoms with Gasteiger partial charge in [-0.15, -0.1) is 6.58 Å². The minimum atomic E-state index is -0.548. The molecule has 0 fully saturated rings. The quantitative estimate of drug-likeness (QED) is 0.626. The number of benzene rings is 2. The number of carbonyl (C=O) groups excluding carboxylic acids is 3. The molecule has 0 radical (unpaired) electrons. The Kier molecular flexibility index (Phi) is 6.06. The lowest BCUT2D eigenvalue weighted by atomic mass is 10.1. The largest absolute Gasteiger partial charge is 0.465 e. The molecule has 2 amide bonds. The summed E-state index contributed by atoms with van der Waals surface area (Å²) < 4.78 is 4.70. The molecule has 0 saturated carbocycles. The van der Waals surface area contributed by atoms with Crippen molar-refractivity contribution in [2.75, 3.05) is 19.0 Å². The molecule has 0 spiro atoms. The van der Waals surface area contributed by atoms with Crippen molar-refractivity contribution in [3.63, 3.8) is 0 Å². The highest BCUT2D eigenvalue weighted by molar-refractivity contribution is 6.09. The van der Waals surface area contributed by atoms with Gasteiger partial charge in [-0.3, -0.25) is 9.59 Å². The van der Waals surface area contributed by atoms with Crippen molar-refractivity contribution in [3.8, 4) is 0 Å². The fourth-order valence-electron chi connectivity index (χ4n) is 2.14. The summed E-state index contributed by atoms with van der Waals surface area (Å²) >= 11 is 0. The Hall–Kier alpha value is -3.41. The predicted molar refractivity (Wildman–Crippen MR) is 94.7 cm³/mol. The number of rotatable bonds is 6. The van der Waals surface area contributed by atoms with Gasteiger partial charge in [0, 0.05) is 17.7 Å². The number of hydrogen-bond acceptors (Lipinski definition) is 4. The van der Waals surface area contributed by atoms with Crippen molar-refractivity contribution < 1.29 is 19.1 Å². The molecule has 0 unspecified atom stereocenters. The average molecular weight is 338 g/mol. The van der Waals surface area contributed by atoms with E-state index in [0.29, 0.717) is 23.4 Å². The van der Waals surface area contributed by atoms with Crippen molar-refractivity contribution in [1.29, 1.82) is 0 Å². The molecule has 2 rings (SSSR count). The molecule has 0 bridgehead atoms. The molecule has 2 aromatic carbocycles. The van der Waals surface area contributed by atoms with Gasteiger partial charge >= 0.3 is 5.97 Å². The summed E-state index contributed by atoms with van der Waals surface area (Å²) in [7, 11) is 1.27. The van der Waals surface area contributed by atoms with E-state index in [4.69, 9.17) is 4.74 Å². The Bertz CT molecular complexity index is 815. The summed E-state index contributed by atoms with van der Waals surface area (Å²) in [6, 6.07) is 12.8. The van der Waals surface area contributed by atoms with Gasteiger partial charge in [-0.2, -0.15) is 0 Å². The fourth-order valence-corrected chi connectivity index (χ4v) is 2.14. The second-order valence-electron chi connectivity index (χ2n) is 5.07. The summed E-state index contributed by atoms with van der Waals surface area (Å²) in [6.07, 6.45) is 1.57. The Morgan fingerprint density at radius 3 is 2.40 bits per heavy atom. The maximum atomic E-state index is 12.5. The molecule has 2 aromatic rings. The zero-order valence-electron chi connectivity index (χ0n) is 13.7. The van der Waals surface area contributed by atoms with Crippen molar-refractivity contribution in [3.05, 3.63) is 77.9 Å². The molecule has 6 heteroatoms. The van der Waals surface area contributed by atoms with Crippen LogP contribution in [-0.2, 0) is 4.74 Å². The van der Waals surface area contributed by atoms with Gasteiger partial charge < -0.3 is 15.4 Å². The summed E-state index contributed by atoms with van der Waals surface area (Å²) in [4.78, 5) is 36.2. The van der Waals surface area contributed by atoms with E-state index < -0.39 is 11.9 Å². The van der Waals surface area contributed by atoms with E-state index in [1.165, 1.54) is 13.2 Å². The first kappa shape index (κ1) is 17.9. The van der Waals surface area contributed by atoms with Crippen LogP contribution in [-0.4, -0.2) is 31.4 Å². The van der Waals surface area contributed by atoms with Gasteiger partial charge in [-0.1, -0.05) is 24.3 Å². The Labute approximate surface area is 145 Å². The lowest BCUT2D eigenvalue weighted by molar-refractivity contribution is 0.0601. The molecule has 0 aliphatic heterocycles. The van der Waals surface area contributed by atoms with Crippen molar-refractivity contribution in [2.45, 2.75) is 0 Å². The van der Waals surface area contributed by atoms with Crippen LogP contribution in [0.2, 0.25) is 0 Å². The lowest BCUT2D eigenvalue weighted by Crippen LogP contribution is -2.23. The Morgan fingerprint density at radius 2 is 1.72 bits per heavy atom. The van der Waals surface area contributed by atoms with Gasteiger partial charge in [-0.05, 0) is 30.3 Å². The highest BCUT2D eigenvalue weighted by Crippen LogP contribution is 2.17. The van der Waals surface area contributed by atoms with Crippen LogP contribution >= 0.6 is 0 Å². The summed E-state index contributed by atoms with van der Waals surface area (Å²) in [5.41, 5.74) is 1.24. The number of amides is 2. The zero-order valence-corrected chi connectivity index (χ0v) is 13.7. The zero-order chi connectivity index (χ0) is 18.2. The first-order valence-corrected chi connectivity index (χ1v) is 7.54. The Morgan fingerprint density at radius 1 is 1.04 bits per heavy atom. The molecule has 0 aromatic heterocycles. The van der Waals surface area contributed by atoms with Crippen LogP contribution in [0.4, 0.5) is 5.69 Å². The normalized spacial score (nSPS) is 9.80. The van der Waals surface area contributed by atoms with E-state index in [2.05, 4.69) is 17.2 Å². The summed E-state index contributed by atoms with van der Waals surface area (Å²) in [5.74, 6) is -1.28. The first-order valence-electron chi connectivity index (χ1n) is 7.54. The predicted octanol–water partition coefficient (Wildman–Crippen LogP) is 2.64. The first-order chi connectivity index (χ1) is 12.1. The topological polar surface area (TPSA) is 84.5 Å². The number of hydrogen-bond donors (Lipinski definition) is 2. The molecule has 0 atom stereocenters. The van der Waals surface area contributed by atoms with Gasteiger partial charge in [0.25, 0.3) is 11.8 Å². The number of ether oxygens (including phenoxy) is 1. The molecule has 0 heterocycles. The van der Waals surface area contributed by atoms with Crippen LogP contribution in [0.1, 0.15) is 31.1 Å². The number of methoxy groups -OCH3 is 1. The van der Waals surface area contributed by atoms with Crippen LogP contribution in [0.3, 0.4) is 0 Å². The van der Waals surface area contributed by atoms with E-state index in [1.54, 1.807) is 48.5 Å². The third-order valence-corrected chi connectivity index (χ3v) is 3.37. The molecular formula is C19H18N2O4. The molecule has 6 nitrogen and oxygen atoms in total. The molecule has 0 aliphatic rings. The number of para-hydroxylation sites is 1. The van der Waals surface area contributed by atoms with Crippen molar-refractivity contribution >= 4 is 23.5 Å². The van der Waals surface area contributed by atoms with Gasteiger partial charge in [0.1, 0.15) is 0 Å². The maximum Gasteiger partial charge on any atom is 0.339 e. The van der Waals surface area contributed by atoms with Crippen LogP contribution in [0, 0.1) is 0 Å². The Balaban J connectivity index is 2.21. The number of esters is 1. The van der Waals surface area contributed by atoms with Crippen molar-refractivity contribution in [1.82, 2.24) is 5.32 Å². The highest BCUT2D eigenvalue weighted by Gasteiger charge is 2.15. The van der Waals surface area contributed by atoms with E-state index in [1.807, 2.05) is 0 Å². The van der Waals surface area contributed by atoms with Crippen molar-refractivity contribution in [2.24, 2.45) is 0 Å². The van der Waals surface area contributed by atoms with E-state index in [0.717, 1.165) is 0 Å². The molecule has 0 aliphatic carbocycles. The number of carbonyl (C=O) groups is 3. The minimum absolute atomic E-state index is 0.248. The number of anilines is 1. The number of nitrogens with one attached hydrogen (secondary N) is 2. The van der Waals surface area contributed by atoms with Gasteiger partial charge in [0.15, 0.2) is 0 Å². The molecule has 2 N–H and O–H groups in total. The van der Waals surface area contributed by atoms with Crippen LogP contribution in [0.5, 0.6) is 0 Å². The second kappa shape index (κ2) is 8.44. The molecule has 128 valence electrons. The van der Waals surface area contributed by atoms with Crippen LogP contribution in [0.15, 0.2) is 61.2 Å². The third kappa shape index (κ3) is 4.54. The van der Waals surface area contributed by atoms with E-state index in [9.17, 15) is 14.4 Å². The minimum Gasteiger partial charge on any atom is -0.465 e. The average Bonchev–Trinajstić information content (AvgIpc) is 2.66. The molecule has 0 saturated heterocycles. The lowest BCUT2D eigenvalue weighted by Gasteiger charge is -2.10. The molecule has 25 heavy (non-hydrogen) atoms. The van der Waals surface area contributed by atoms with Crippen LogP contribution in [0.25, 0.3) is 0 Å². The smallest absolute Gasteiger partial charge is 0.339 e. The van der Waals surface area contributed by atoms with Gasteiger partial charge in [0.05, 0.1) is 18.4 Å². The van der Waals surface area contributed by atoms with E-state index in [-0.39, 0.29) is 11.5 Å². The summed E-state index contributed by atoms with van der Waals surface area (Å²) in [6.45, 7) is 3.87. The standard InChI is InChI=1S/C19H18N2O4/c1-3-11-20-17(22)13-7-6-8-14(12-13)18(23)21-16-10-5-4-9-15(16)19(24)25-2/h3-10,12H,1,11H2,2H3,(H,20,22)(H,21,23). The monoisotopic (exact) mass is 338 g/mol. The SMILES string of the molecule is C=CCNC(=O)c1cccc(C(=O)Nc2ccccc2C(=O)OC)c1. The van der Waals surface area contributed by atoms with E-state index >= 15 is 0 Å². The highest BCUT2D eigenvalue weighted by atomic mass is 16.5. The maximum absolute atomic E-state index is 12.5. The third-order valence-electron chi connectivity index (χ3n) is 3.37. The summed E-state index contributed by atoms with van der Waals surface area (Å²) in [5, 5.41) is 5.31. The van der Waals surface area contributed by atoms with Crippen LogP contribution < -0.4 is 10.6 Å². The fraction of sp³-hybridized carbons (Fsp3) is 0.105. The van der Waals surface area contributed by atoms with Gasteiger partial charge in [0.2, 0.25) is 0 Å².